The van der Waals surface area contributed by atoms with Gasteiger partial charge in [0, 0.05) is 5.56 Å². The minimum atomic E-state index is 0.229. The Morgan fingerprint density at radius 2 is 2.11 bits per heavy atom. The van der Waals surface area contributed by atoms with Crippen molar-refractivity contribution < 1.29 is 5.11 Å². The lowest BCUT2D eigenvalue weighted by molar-refractivity contribution is 0.471. The zero-order valence-electron chi connectivity index (χ0n) is 9.68. The number of rotatable bonds is 1. The summed E-state index contributed by atoms with van der Waals surface area (Å²) >= 11 is 0. The van der Waals surface area contributed by atoms with E-state index in [9.17, 15) is 5.11 Å². The van der Waals surface area contributed by atoms with Gasteiger partial charge in [-0.15, -0.1) is 0 Å². The molecule has 0 saturated heterocycles. The van der Waals surface area contributed by atoms with Gasteiger partial charge >= 0.3 is 0 Å². The van der Waals surface area contributed by atoms with Gasteiger partial charge in [0.2, 0.25) is 0 Å². The van der Waals surface area contributed by atoms with Crippen LogP contribution in [-0.4, -0.2) is 25.0 Å². The molecule has 4 N–H and O–H groups in total. The highest BCUT2D eigenvalue weighted by molar-refractivity contribution is 5.84. The van der Waals surface area contributed by atoms with Crippen LogP contribution >= 0.6 is 0 Å². The molecule has 0 atom stereocenters. The van der Waals surface area contributed by atoms with E-state index in [1.54, 1.807) is 6.07 Å². The molecule has 0 aliphatic rings. The normalized spacial score (nSPS) is 10.9. The van der Waals surface area contributed by atoms with Gasteiger partial charge in [-0.3, -0.25) is 0 Å². The van der Waals surface area contributed by atoms with Crippen LogP contribution in [0.5, 0.6) is 5.75 Å². The monoisotopic (exact) mass is 241 g/mol. The first-order valence-corrected chi connectivity index (χ1v) is 5.41. The molecule has 0 amide bonds. The van der Waals surface area contributed by atoms with Crippen molar-refractivity contribution in [2.45, 2.75) is 6.92 Å². The number of aromatic nitrogens is 4. The Morgan fingerprint density at radius 1 is 1.28 bits per heavy atom. The van der Waals surface area contributed by atoms with Crippen LogP contribution in [0, 0.1) is 6.92 Å². The number of anilines is 1. The van der Waals surface area contributed by atoms with E-state index in [0.29, 0.717) is 22.8 Å². The van der Waals surface area contributed by atoms with Crippen LogP contribution in [0.15, 0.2) is 24.5 Å². The number of phenols is 1. The number of nitrogens with two attached hydrogens (primary N) is 1. The second-order valence-electron chi connectivity index (χ2n) is 4.04. The number of imidazole rings is 1. The number of hydrogen-bond donors (Lipinski definition) is 3. The smallest absolute Gasteiger partial charge is 0.183 e. The summed E-state index contributed by atoms with van der Waals surface area (Å²) in [5.74, 6) is 1.19. The van der Waals surface area contributed by atoms with Crippen LogP contribution in [0.4, 0.5) is 5.82 Å². The Kier molecular flexibility index (Phi) is 2.16. The molecular weight excluding hydrogens is 230 g/mol. The molecule has 0 spiro atoms. The highest BCUT2D eigenvalue weighted by Crippen LogP contribution is 2.26. The number of H-pyrrole nitrogens is 1. The summed E-state index contributed by atoms with van der Waals surface area (Å²) in [5.41, 5.74) is 8.43. The predicted octanol–water partition coefficient (Wildman–Crippen LogP) is 1.62. The molecule has 6 heteroatoms. The van der Waals surface area contributed by atoms with Gasteiger partial charge < -0.3 is 15.8 Å². The molecule has 3 aromatic rings. The minimum Gasteiger partial charge on any atom is -0.508 e. The Labute approximate surface area is 103 Å². The number of nitrogen functional groups attached to an aromatic ring is 1. The number of benzene rings is 1. The summed E-state index contributed by atoms with van der Waals surface area (Å²) in [6, 6.07) is 5.35. The van der Waals surface area contributed by atoms with Gasteiger partial charge in [-0.1, -0.05) is 12.1 Å². The molecular formula is C12H11N5O. The first-order chi connectivity index (χ1) is 8.65. The molecule has 0 aliphatic heterocycles. The average Bonchev–Trinajstić information content (AvgIpc) is 2.78. The van der Waals surface area contributed by atoms with Gasteiger partial charge in [0.1, 0.15) is 23.4 Å². The number of nitrogens with one attached hydrogen (secondary N) is 1. The van der Waals surface area contributed by atoms with E-state index >= 15 is 0 Å². The molecule has 18 heavy (non-hydrogen) atoms. The first kappa shape index (κ1) is 10.5. The molecule has 0 bridgehead atoms. The van der Waals surface area contributed by atoms with E-state index < -0.39 is 0 Å². The van der Waals surface area contributed by atoms with Crippen molar-refractivity contribution in [3.63, 3.8) is 0 Å². The van der Waals surface area contributed by atoms with Crippen molar-refractivity contribution in [1.82, 2.24) is 19.9 Å². The molecule has 3 rings (SSSR count). The van der Waals surface area contributed by atoms with Crippen LogP contribution in [0.25, 0.3) is 22.6 Å². The second-order valence-corrected chi connectivity index (χ2v) is 4.04. The van der Waals surface area contributed by atoms with Crippen molar-refractivity contribution >= 4 is 17.0 Å². The molecule has 90 valence electrons. The molecule has 2 aromatic heterocycles. The lowest BCUT2D eigenvalue weighted by atomic mass is 10.1. The SMILES string of the molecule is Cc1ccc(-c2nc3ncnc(N)c3[nH]2)cc1O. The molecule has 2 heterocycles. The number of hydrogen-bond acceptors (Lipinski definition) is 5. The summed E-state index contributed by atoms with van der Waals surface area (Å²) in [5, 5.41) is 9.70. The van der Waals surface area contributed by atoms with Crippen molar-refractivity contribution in [3.05, 3.63) is 30.1 Å². The second kappa shape index (κ2) is 3.69. The fourth-order valence-electron chi connectivity index (χ4n) is 1.74. The van der Waals surface area contributed by atoms with Crippen LogP contribution in [0.2, 0.25) is 0 Å². The number of aromatic amines is 1. The zero-order chi connectivity index (χ0) is 12.7. The first-order valence-electron chi connectivity index (χ1n) is 5.41. The Balaban J connectivity index is 2.19. The summed E-state index contributed by atoms with van der Waals surface area (Å²) < 4.78 is 0. The number of aryl methyl sites for hydroxylation is 1. The molecule has 0 radical (unpaired) electrons. The highest BCUT2D eigenvalue weighted by Gasteiger charge is 2.10. The third-order valence-electron chi connectivity index (χ3n) is 2.80. The highest BCUT2D eigenvalue weighted by atomic mass is 16.3. The van der Waals surface area contributed by atoms with E-state index in [1.165, 1.54) is 6.33 Å². The Hall–Kier alpha value is -2.63. The van der Waals surface area contributed by atoms with E-state index in [1.807, 2.05) is 19.1 Å². The molecule has 1 aromatic carbocycles. The van der Waals surface area contributed by atoms with Gasteiger partial charge in [-0.25, -0.2) is 15.0 Å². The summed E-state index contributed by atoms with van der Waals surface area (Å²) in [7, 11) is 0. The summed E-state index contributed by atoms with van der Waals surface area (Å²) in [6.45, 7) is 1.83. The van der Waals surface area contributed by atoms with Crippen molar-refractivity contribution in [1.29, 1.82) is 0 Å². The maximum absolute atomic E-state index is 9.70. The van der Waals surface area contributed by atoms with Crippen LogP contribution < -0.4 is 5.73 Å². The maximum atomic E-state index is 9.70. The lowest BCUT2D eigenvalue weighted by Gasteiger charge is -2.00. The fraction of sp³-hybridized carbons (Fsp3) is 0.0833. The fourth-order valence-corrected chi connectivity index (χ4v) is 1.74. The van der Waals surface area contributed by atoms with Crippen molar-refractivity contribution in [3.8, 4) is 17.1 Å². The van der Waals surface area contributed by atoms with Gasteiger partial charge in [0.05, 0.1) is 0 Å². The predicted molar refractivity (Wildman–Crippen MR) is 67.9 cm³/mol. The maximum Gasteiger partial charge on any atom is 0.183 e. The Morgan fingerprint density at radius 3 is 2.83 bits per heavy atom. The number of phenolic OH excluding ortho intramolecular Hbond substituents is 1. The average molecular weight is 241 g/mol. The van der Waals surface area contributed by atoms with Gasteiger partial charge in [-0.2, -0.15) is 0 Å². The standard InChI is InChI=1S/C12H11N5O/c1-6-2-3-7(4-8(6)18)11-16-9-10(13)14-5-15-12(9)17-11/h2-5,18H,1H3,(H3,13,14,15,16,17). The van der Waals surface area contributed by atoms with E-state index in [-0.39, 0.29) is 5.75 Å². The van der Waals surface area contributed by atoms with E-state index in [2.05, 4.69) is 19.9 Å². The Bertz CT molecular complexity index is 734. The van der Waals surface area contributed by atoms with Crippen molar-refractivity contribution in [2.75, 3.05) is 5.73 Å². The molecule has 6 nitrogen and oxygen atoms in total. The molecule has 0 saturated carbocycles. The number of nitrogens with zero attached hydrogens (tertiary/aromatic N) is 3. The largest absolute Gasteiger partial charge is 0.508 e. The van der Waals surface area contributed by atoms with Crippen molar-refractivity contribution in [2.24, 2.45) is 0 Å². The number of fused-ring (bicyclic) bond motifs is 1. The molecule has 0 aliphatic carbocycles. The molecule has 0 unspecified atom stereocenters. The number of aromatic hydroxyl groups is 1. The summed E-state index contributed by atoms with van der Waals surface area (Å²) in [4.78, 5) is 15.3. The van der Waals surface area contributed by atoms with Gasteiger partial charge in [-0.05, 0) is 18.6 Å². The minimum absolute atomic E-state index is 0.229. The van der Waals surface area contributed by atoms with Crippen LogP contribution in [-0.2, 0) is 0 Å². The van der Waals surface area contributed by atoms with Crippen LogP contribution in [0.1, 0.15) is 5.56 Å². The lowest BCUT2D eigenvalue weighted by Crippen LogP contribution is -1.91. The third kappa shape index (κ3) is 1.55. The molecule has 0 fully saturated rings. The van der Waals surface area contributed by atoms with Gasteiger partial charge in [0.25, 0.3) is 0 Å². The van der Waals surface area contributed by atoms with Gasteiger partial charge in [0.15, 0.2) is 11.5 Å². The van der Waals surface area contributed by atoms with E-state index in [4.69, 9.17) is 5.73 Å². The van der Waals surface area contributed by atoms with E-state index in [0.717, 1.165) is 11.1 Å². The zero-order valence-corrected chi connectivity index (χ0v) is 9.68. The topological polar surface area (TPSA) is 101 Å². The summed E-state index contributed by atoms with van der Waals surface area (Å²) in [6.07, 6.45) is 1.37. The quantitative estimate of drug-likeness (QED) is 0.601. The third-order valence-corrected chi connectivity index (χ3v) is 2.80. The van der Waals surface area contributed by atoms with Crippen LogP contribution in [0.3, 0.4) is 0 Å².